The Morgan fingerprint density at radius 3 is 1.31 bits per heavy atom. The predicted molar refractivity (Wildman–Crippen MR) is 333 cm³/mol. The summed E-state index contributed by atoms with van der Waals surface area (Å²) >= 11 is 0. The van der Waals surface area contributed by atoms with E-state index in [0.29, 0.717) is 19.3 Å². The minimum atomic E-state index is -1.63. The lowest BCUT2D eigenvalue weighted by Crippen LogP contribution is -2.61. The number of unbranched alkanes of at least 4 members (excludes halogenated alkanes) is 35. The van der Waals surface area contributed by atoms with Crippen molar-refractivity contribution in [3.05, 3.63) is 60.8 Å². The Morgan fingerprint density at radius 1 is 0.487 bits per heavy atom. The van der Waals surface area contributed by atoms with Gasteiger partial charge >= 0.3 is 5.97 Å². The first-order chi connectivity index (χ1) is 39.2. The molecular weight excluding hydrogens is 1000 g/mol. The van der Waals surface area contributed by atoms with Gasteiger partial charge in [0.25, 0.3) is 0 Å². The van der Waals surface area contributed by atoms with Gasteiger partial charge in [0.1, 0.15) is 24.4 Å². The molecular formula is C69H125NO10. The maximum atomic E-state index is 13.5. The third kappa shape index (κ3) is 44.0. The first kappa shape index (κ1) is 75.4. The number of amides is 1. The number of allylic oxidation sites excluding steroid dienone is 9. The van der Waals surface area contributed by atoms with Gasteiger partial charge in [-0.15, -0.1) is 0 Å². The summed E-state index contributed by atoms with van der Waals surface area (Å²) in [5.74, 6) is -1.22. The number of hydrogen-bond donors (Lipinski definition) is 6. The molecule has 11 heteroatoms. The molecule has 0 bridgehead atoms. The number of hydrogen-bond acceptors (Lipinski definition) is 10. The van der Waals surface area contributed by atoms with Crippen LogP contribution in [0.5, 0.6) is 0 Å². The van der Waals surface area contributed by atoms with Crippen molar-refractivity contribution < 1.29 is 49.3 Å². The van der Waals surface area contributed by atoms with E-state index in [4.69, 9.17) is 14.2 Å². The summed E-state index contributed by atoms with van der Waals surface area (Å²) in [5.41, 5.74) is 0. The number of aliphatic hydroxyl groups excluding tert-OH is 5. The molecule has 1 aliphatic rings. The van der Waals surface area contributed by atoms with Crippen molar-refractivity contribution in [2.24, 2.45) is 0 Å². The molecule has 8 unspecified atom stereocenters. The van der Waals surface area contributed by atoms with Crippen LogP contribution in [0, 0.1) is 0 Å². The topological polar surface area (TPSA) is 175 Å². The zero-order valence-corrected chi connectivity index (χ0v) is 51.7. The molecule has 1 rings (SSSR count). The van der Waals surface area contributed by atoms with Crippen LogP contribution < -0.4 is 5.32 Å². The summed E-state index contributed by atoms with van der Waals surface area (Å²) in [4.78, 5) is 26.6. The second kappa shape index (κ2) is 56.8. The van der Waals surface area contributed by atoms with Crippen LogP contribution >= 0.6 is 0 Å². The molecule has 0 saturated carbocycles. The number of carbonyl (C=O) groups is 2. The summed E-state index contributed by atoms with van der Waals surface area (Å²) in [5, 5.41) is 57.1. The van der Waals surface area contributed by atoms with Gasteiger partial charge in [-0.05, 0) is 70.6 Å². The molecule has 1 fully saturated rings. The van der Waals surface area contributed by atoms with E-state index in [1.807, 2.05) is 6.08 Å². The van der Waals surface area contributed by atoms with Crippen LogP contribution in [0.4, 0.5) is 0 Å². The van der Waals surface area contributed by atoms with Crippen LogP contribution in [-0.4, -0.2) is 99.6 Å². The molecule has 1 aliphatic heterocycles. The van der Waals surface area contributed by atoms with E-state index in [-0.39, 0.29) is 13.0 Å². The molecule has 0 aromatic heterocycles. The van der Waals surface area contributed by atoms with Crippen LogP contribution in [0.25, 0.3) is 0 Å². The molecule has 8 atom stereocenters. The lowest BCUT2D eigenvalue weighted by Gasteiger charge is -2.41. The summed E-state index contributed by atoms with van der Waals surface area (Å²) in [6, 6.07) is -1.03. The summed E-state index contributed by atoms with van der Waals surface area (Å²) in [7, 11) is 0. The van der Waals surface area contributed by atoms with Crippen molar-refractivity contribution in [1.82, 2.24) is 5.32 Å². The fraction of sp³-hybridized carbons (Fsp3) is 0.826. The lowest BCUT2D eigenvalue weighted by atomic mass is 9.99. The minimum Gasteiger partial charge on any atom is -0.454 e. The molecule has 1 heterocycles. The lowest BCUT2D eigenvalue weighted by molar-refractivity contribution is -0.305. The summed E-state index contributed by atoms with van der Waals surface area (Å²) in [6.07, 6.45) is 61.1. The summed E-state index contributed by atoms with van der Waals surface area (Å²) < 4.78 is 17.6. The van der Waals surface area contributed by atoms with Crippen LogP contribution in [0.3, 0.4) is 0 Å². The normalized spacial score (nSPS) is 19.1. The number of rotatable bonds is 57. The van der Waals surface area contributed by atoms with E-state index in [1.165, 1.54) is 180 Å². The van der Waals surface area contributed by atoms with Gasteiger partial charge in [0.2, 0.25) is 5.91 Å². The van der Waals surface area contributed by atoms with Crippen molar-refractivity contribution >= 4 is 11.9 Å². The Bertz CT molecular complexity index is 1530. The van der Waals surface area contributed by atoms with Crippen molar-refractivity contribution in [2.75, 3.05) is 13.2 Å². The molecule has 466 valence electrons. The Kier molecular flexibility index (Phi) is 53.5. The zero-order valence-electron chi connectivity index (χ0n) is 51.7. The van der Waals surface area contributed by atoms with E-state index in [1.54, 1.807) is 6.08 Å². The van der Waals surface area contributed by atoms with Gasteiger partial charge in [0, 0.05) is 6.42 Å². The molecule has 1 amide bonds. The number of esters is 1. The van der Waals surface area contributed by atoms with Crippen LogP contribution in [0.1, 0.15) is 303 Å². The van der Waals surface area contributed by atoms with Crippen molar-refractivity contribution in [1.29, 1.82) is 0 Å². The average Bonchev–Trinajstić information content (AvgIpc) is 3.48. The van der Waals surface area contributed by atoms with Gasteiger partial charge in [-0.25, -0.2) is 0 Å². The number of nitrogens with one attached hydrogen (secondary N) is 1. The van der Waals surface area contributed by atoms with Crippen LogP contribution in [0.15, 0.2) is 60.8 Å². The average molecular weight is 1130 g/mol. The molecule has 0 aliphatic carbocycles. The van der Waals surface area contributed by atoms with Crippen molar-refractivity contribution in [2.45, 2.75) is 352 Å². The molecule has 6 N–H and O–H groups in total. The minimum absolute atomic E-state index is 0.0861. The Morgan fingerprint density at radius 2 is 0.863 bits per heavy atom. The Labute approximate surface area is 490 Å². The number of aliphatic hydroxyl groups is 5. The first-order valence-corrected chi connectivity index (χ1v) is 33.6. The highest BCUT2D eigenvalue weighted by Crippen LogP contribution is 2.26. The van der Waals surface area contributed by atoms with Crippen LogP contribution in [-0.2, 0) is 23.8 Å². The highest BCUT2D eigenvalue weighted by atomic mass is 16.7. The summed E-state index contributed by atoms with van der Waals surface area (Å²) in [6.45, 7) is 5.77. The van der Waals surface area contributed by atoms with Crippen molar-refractivity contribution in [3.63, 3.8) is 0 Å². The van der Waals surface area contributed by atoms with E-state index in [2.05, 4.69) is 74.7 Å². The van der Waals surface area contributed by atoms with E-state index < -0.39 is 67.4 Å². The molecule has 11 nitrogen and oxygen atoms in total. The maximum Gasteiger partial charge on any atom is 0.306 e. The molecule has 0 aromatic rings. The molecule has 0 spiro atoms. The second-order valence-corrected chi connectivity index (χ2v) is 23.2. The number of ether oxygens (including phenoxy) is 3. The van der Waals surface area contributed by atoms with Crippen molar-refractivity contribution in [3.8, 4) is 0 Å². The van der Waals surface area contributed by atoms with Gasteiger partial charge < -0.3 is 45.1 Å². The molecule has 0 aromatic carbocycles. The van der Waals surface area contributed by atoms with E-state index >= 15 is 0 Å². The maximum absolute atomic E-state index is 13.5. The molecule has 0 radical (unpaired) electrons. The largest absolute Gasteiger partial charge is 0.454 e. The Balaban J connectivity index is 2.65. The molecule has 1 saturated heterocycles. The van der Waals surface area contributed by atoms with Gasteiger partial charge in [0.15, 0.2) is 12.4 Å². The van der Waals surface area contributed by atoms with Crippen LogP contribution in [0.2, 0.25) is 0 Å². The van der Waals surface area contributed by atoms with E-state index in [9.17, 15) is 35.1 Å². The van der Waals surface area contributed by atoms with E-state index in [0.717, 1.165) is 77.0 Å². The predicted octanol–water partition coefficient (Wildman–Crippen LogP) is 16.6. The van der Waals surface area contributed by atoms with Gasteiger partial charge in [0.05, 0.1) is 25.4 Å². The SMILES string of the molecule is CCCCC/C=C\C/C=C\C/C=C\C/C=C\CCCCCC(=O)OC1C(OCC(NC(=O)C(O)CCCCCCCCCCCCCCCCCCCCCC)C(O)/C=C/CCCCCCCCCCCC)OC(CO)C(O)C1O. The third-order valence-corrected chi connectivity index (χ3v) is 15.7. The zero-order chi connectivity index (χ0) is 58.2. The molecule has 80 heavy (non-hydrogen) atoms. The van der Waals surface area contributed by atoms with Gasteiger partial charge in [-0.1, -0.05) is 287 Å². The fourth-order valence-electron chi connectivity index (χ4n) is 10.3. The number of carbonyl (C=O) groups excluding carboxylic acids is 2. The second-order valence-electron chi connectivity index (χ2n) is 23.2. The first-order valence-electron chi connectivity index (χ1n) is 33.6. The highest BCUT2D eigenvalue weighted by molar-refractivity contribution is 5.80. The quantitative estimate of drug-likeness (QED) is 0.0195. The highest BCUT2D eigenvalue weighted by Gasteiger charge is 2.47. The monoisotopic (exact) mass is 1130 g/mol. The third-order valence-electron chi connectivity index (χ3n) is 15.7. The van der Waals surface area contributed by atoms with Gasteiger partial charge in [-0.2, -0.15) is 0 Å². The Hall–Kier alpha value is -2.64. The smallest absolute Gasteiger partial charge is 0.306 e. The standard InChI is InChI=1S/C69H125NO10/c1-4-7-10-13-16-19-22-25-27-29-31-33-34-36-38-41-44-47-50-53-56-62(73)68(77)70-60(61(72)55-52-49-46-43-40-24-21-18-15-12-9-6-3)59-78-69-67(66(76)65(75)63(58-71)79-69)80-64(74)57-54-51-48-45-42-39-37-35-32-30-28-26-23-20-17-14-11-8-5-2/h17,20,26,28,32,35,39,42,52,55,60-63,65-67,69,71-73,75-76H,4-16,18-19,21-25,27,29-31,33-34,36-38,40-41,43-51,53-54,56-59H2,1-3H3,(H,70,77)/b20-17-,28-26-,35-32-,42-39-,55-52+. The fourth-order valence-corrected chi connectivity index (χ4v) is 10.3. The van der Waals surface area contributed by atoms with Gasteiger partial charge in [-0.3, -0.25) is 9.59 Å².